The minimum absolute atomic E-state index is 0.225. The molecule has 1 unspecified atom stereocenters. The van der Waals surface area contributed by atoms with Gasteiger partial charge >= 0.3 is 0 Å². The van der Waals surface area contributed by atoms with Gasteiger partial charge in [-0.25, -0.2) is 9.99 Å². The Morgan fingerprint density at radius 2 is 1.66 bits per heavy atom. The van der Waals surface area contributed by atoms with Crippen LogP contribution in [0.2, 0.25) is 0 Å². The number of thiazole rings is 1. The summed E-state index contributed by atoms with van der Waals surface area (Å²) in [5.41, 5.74) is 4.20. The molecule has 230 valence electrons. The number of aryl methyl sites for hydroxylation is 1. The third-order valence-corrected chi connectivity index (χ3v) is 8.22. The van der Waals surface area contributed by atoms with Gasteiger partial charge < -0.3 is 23.7 Å². The molecule has 0 saturated carbocycles. The minimum atomic E-state index is -0.417. The minimum Gasteiger partial charge on any atom is -0.493 e. The lowest BCUT2D eigenvalue weighted by atomic mass is 9.97. The number of anilines is 1. The van der Waals surface area contributed by atoms with Crippen LogP contribution in [0, 0.1) is 0 Å². The molecule has 4 aromatic rings. The Bertz CT molecular complexity index is 1710. The molecule has 44 heavy (non-hydrogen) atoms. The van der Waals surface area contributed by atoms with Crippen molar-refractivity contribution in [2.45, 2.75) is 32.7 Å². The lowest BCUT2D eigenvalue weighted by molar-refractivity contribution is -0.130. The Labute approximate surface area is 259 Å². The zero-order valence-corrected chi connectivity index (χ0v) is 26.2. The molecular weight excluding hydrogens is 584 g/mol. The number of ether oxygens (including phenoxy) is 5. The predicted octanol–water partition coefficient (Wildman–Crippen LogP) is 5.61. The number of carbonyl (C=O) groups excluding carboxylic acids is 2. The summed E-state index contributed by atoms with van der Waals surface area (Å²) < 4.78 is 28.9. The van der Waals surface area contributed by atoms with Crippen LogP contribution in [0.25, 0.3) is 10.2 Å². The second-order valence-electron chi connectivity index (χ2n) is 9.97. The van der Waals surface area contributed by atoms with Gasteiger partial charge in [-0.1, -0.05) is 30.4 Å². The molecule has 0 bridgehead atoms. The van der Waals surface area contributed by atoms with Crippen LogP contribution < -0.4 is 29.0 Å². The highest BCUT2D eigenvalue weighted by Crippen LogP contribution is 2.42. The van der Waals surface area contributed by atoms with Gasteiger partial charge in [0.15, 0.2) is 34.7 Å². The van der Waals surface area contributed by atoms with E-state index in [9.17, 15) is 9.59 Å². The third-order valence-electron chi connectivity index (χ3n) is 7.27. The number of rotatable bonds is 11. The van der Waals surface area contributed by atoms with E-state index >= 15 is 0 Å². The number of benzene rings is 3. The van der Waals surface area contributed by atoms with Gasteiger partial charge in [-0.2, -0.15) is 5.10 Å². The average Bonchev–Trinajstić information content (AvgIpc) is 3.67. The summed E-state index contributed by atoms with van der Waals surface area (Å²) in [7, 11) is 6.15. The van der Waals surface area contributed by atoms with Crippen LogP contribution >= 0.6 is 11.3 Å². The molecule has 1 aliphatic heterocycles. The number of carbonyl (C=O) groups is 2. The topological polar surface area (TPSA) is 121 Å². The van der Waals surface area contributed by atoms with Crippen LogP contribution in [0.5, 0.6) is 28.7 Å². The number of fused-ring (bicyclic) bond motifs is 1. The molecule has 1 atom stereocenters. The SMILES string of the molecule is CCc1ccc2sc(NC(=O)COc3cc(C4CC(c5cc(OC)c(OC)c(OC)c5)=NN4C(C)=O)ccc3OC)nc2c1. The van der Waals surface area contributed by atoms with Crippen molar-refractivity contribution in [3.8, 4) is 28.7 Å². The van der Waals surface area contributed by atoms with E-state index in [0.29, 0.717) is 46.0 Å². The summed E-state index contributed by atoms with van der Waals surface area (Å²) in [6.45, 7) is 3.29. The summed E-state index contributed by atoms with van der Waals surface area (Å²) in [6.07, 6.45) is 1.33. The number of amides is 2. The van der Waals surface area contributed by atoms with Gasteiger partial charge in [0.2, 0.25) is 11.7 Å². The number of aromatic nitrogens is 1. The Balaban J connectivity index is 1.34. The fraction of sp³-hybridized carbons (Fsp3) is 0.312. The lowest BCUT2D eigenvalue weighted by Crippen LogP contribution is -2.24. The number of hydrogen-bond acceptors (Lipinski definition) is 10. The quantitative estimate of drug-likeness (QED) is 0.230. The van der Waals surface area contributed by atoms with Crippen LogP contribution in [0.4, 0.5) is 5.13 Å². The van der Waals surface area contributed by atoms with Crippen molar-refractivity contribution in [3.63, 3.8) is 0 Å². The van der Waals surface area contributed by atoms with Crippen molar-refractivity contribution in [1.82, 2.24) is 9.99 Å². The third kappa shape index (κ3) is 6.25. The molecular formula is C32H34N4O7S. The van der Waals surface area contributed by atoms with Crippen molar-refractivity contribution in [1.29, 1.82) is 0 Å². The van der Waals surface area contributed by atoms with Crippen molar-refractivity contribution in [2.75, 3.05) is 40.4 Å². The van der Waals surface area contributed by atoms with E-state index in [4.69, 9.17) is 23.7 Å². The van der Waals surface area contributed by atoms with Gasteiger partial charge in [0.1, 0.15) is 0 Å². The van der Waals surface area contributed by atoms with E-state index in [1.807, 2.05) is 18.2 Å². The largest absolute Gasteiger partial charge is 0.493 e. The molecule has 0 saturated heterocycles. The first-order valence-electron chi connectivity index (χ1n) is 14.0. The Hall–Kier alpha value is -4.84. The van der Waals surface area contributed by atoms with Crippen LogP contribution in [0.15, 0.2) is 53.6 Å². The van der Waals surface area contributed by atoms with E-state index < -0.39 is 6.04 Å². The highest BCUT2D eigenvalue weighted by atomic mass is 32.1. The second kappa shape index (κ2) is 13.2. The Kier molecular flexibility index (Phi) is 9.19. The van der Waals surface area contributed by atoms with E-state index in [1.165, 1.54) is 43.1 Å². The first-order chi connectivity index (χ1) is 21.3. The molecule has 0 aliphatic carbocycles. The summed E-state index contributed by atoms with van der Waals surface area (Å²) in [5.74, 6) is 1.67. The van der Waals surface area contributed by atoms with Crippen LogP contribution in [0.3, 0.4) is 0 Å². The molecule has 1 aliphatic rings. The predicted molar refractivity (Wildman–Crippen MR) is 169 cm³/mol. The highest BCUT2D eigenvalue weighted by molar-refractivity contribution is 7.22. The van der Waals surface area contributed by atoms with Crippen LogP contribution in [-0.2, 0) is 16.0 Å². The zero-order valence-electron chi connectivity index (χ0n) is 25.4. The Morgan fingerprint density at radius 3 is 2.30 bits per heavy atom. The fourth-order valence-electron chi connectivity index (χ4n) is 5.04. The number of hydrazone groups is 1. The standard InChI is InChI=1S/C32H34N4O7S/c1-7-19-8-11-29-23(12-19)33-32(44-29)34-30(38)17-43-26-13-20(9-10-25(26)39-3)24-16-22(35-36(24)18(2)37)21-14-27(40-4)31(42-6)28(15-21)41-5/h8-15,24H,7,16-17H2,1-6H3,(H,33,34,38). The maximum atomic E-state index is 12.8. The first-order valence-corrected chi connectivity index (χ1v) is 14.8. The van der Waals surface area contributed by atoms with Gasteiger partial charge in [-0.3, -0.25) is 14.9 Å². The van der Waals surface area contributed by atoms with E-state index in [-0.39, 0.29) is 18.4 Å². The normalized spacial score (nSPS) is 14.3. The number of nitrogens with zero attached hydrogens (tertiary/aromatic N) is 3. The molecule has 11 nitrogen and oxygen atoms in total. The van der Waals surface area contributed by atoms with E-state index in [2.05, 4.69) is 28.4 Å². The number of hydrogen-bond donors (Lipinski definition) is 1. The molecule has 0 spiro atoms. The van der Waals surface area contributed by atoms with Crippen LogP contribution in [0.1, 0.15) is 43.0 Å². The van der Waals surface area contributed by atoms with Crippen molar-refractivity contribution in [2.24, 2.45) is 5.10 Å². The highest BCUT2D eigenvalue weighted by Gasteiger charge is 2.33. The van der Waals surface area contributed by atoms with Gasteiger partial charge in [0.25, 0.3) is 5.91 Å². The van der Waals surface area contributed by atoms with Gasteiger partial charge in [-0.15, -0.1) is 0 Å². The van der Waals surface area contributed by atoms with Crippen molar-refractivity contribution in [3.05, 3.63) is 65.2 Å². The summed E-state index contributed by atoms with van der Waals surface area (Å²) in [4.78, 5) is 30.0. The van der Waals surface area contributed by atoms with E-state index in [0.717, 1.165) is 27.8 Å². The first kappa shape index (κ1) is 30.6. The molecule has 2 heterocycles. The lowest BCUT2D eigenvalue weighted by Gasteiger charge is -2.21. The molecule has 0 radical (unpaired) electrons. The van der Waals surface area contributed by atoms with Crippen molar-refractivity contribution < 1.29 is 33.3 Å². The van der Waals surface area contributed by atoms with Crippen LogP contribution in [-0.4, -0.2) is 62.6 Å². The fourth-order valence-corrected chi connectivity index (χ4v) is 5.90. The maximum absolute atomic E-state index is 12.8. The zero-order chi connectivity index (χ0) is 31.4. The monoisotopic (exact) mass is 618 g/mol. The molecule has 0 fully saturated rings. The summed E-state index contributed by atoms with van der Waals surface area (Å²) in [6, 6.07) is 14.7. The summed E-state index contributed by atoms with van der Waals surface area (Å²) in [5, 5.41) is 9.41. The molecule has 3 aromatic carbocycles. The molecule has 1 aromatic heterocycles. The average molecular weight is 619 g/mol. The number of methoxy groups -OCH3 is 4. The molecule has 2 amide bonds. The van der Waals surface area contributed by atoms with E-state index in [1.54, 1.807) is 38.5 Å². The molecule has 5 rings (SSSR count). The van der Waals surface area contributed by atoms with Crippen molar-refractivity contribution >= 4 is 44.2 Å². The number of nitrogens with one attached hydrogen (secondary N) is 1. The van der Waals surface area contributed by atoms with Gasteiger partial charge in [-0.05, 0) is 53.9 Å². The smallest absolute Gasteiger partial charge is 0.264 e. The Morgan fingerprint density at radius 1 is 0.932 bits per heavy atom. The molecule has 1 N–H and O–H groups in total. The van der Waals surface area contributed by atoms with Gasteiger partial charge in [0.05, 0.1) is 50.4 Å². The summed E-state index contributed by atoms with van der Waals surface area (Å²) >= 11 is 1.40. The second-order valence-corrected chi connectivity index (χ2v) is 11.0. The molecule has 12 heteroatoms. The van der Waals surface area contributed by atoms with Gasteiger partial charge in [0, 0.05) is 18.9 Å². The maximum Gasteiger partial charge on any atom is 0.264 e.